The van der Waals surface area contributed by atoms with Gasteiger partial charge in [-0.05, 0) is 61.7 Å². The van der Waals surface area contributed by atoms with Crippen molar-refractivity contribution in [1.29, 1.82) is 0 Å². The molecule has 5 N–H and O–H groups in total. The van der Waals surface area contributed by atoms with Crippen LogP contribution < -0.4 is 26.6 Å². The topological polar surface area (TPSA) is 188 Å². The number of rotatable bonds is 17. The number of aromatic nitrogens is 2. The van der Waals surface area contributed by atoms with Gasteiger partial charge in [-0.15, -0.1) is 0 Å². The molecule has 0 unspecified atom stereocenters. The summed E-state index contributed by atoms with van der Waals surface area (Å²) in [6, 6.07) is -2.51. The summed E-state index contributed by atoms with van der Waals surface area (Å²) in [5, 5.41) is 14.4. The number of nitrogens with zero attached hydrogens (tertiary/aromatic N) is 2. The Labute approximate surface area is 296 Å². The summed E-state index contributed by atoms with van der Waals surface area (Å²) in [5.41, 5.74) is -0.517. The number of hydrogen-bond acceptors (Lipinski definition) is 8. The van der Waals surface area contributed by atoms with E-state index in [9.17, 15) is 28.8 Å². The smallest absolute Gasteiger partial charge is 0.289 e. The Hall–Kier alpha value is -3.90. The molecule has 50 heavy (non-hydrogen) atoms. The third-order valence-electron chi connectivity index (χ3n) is 10.3. The minimum absolute atomic E-state index is 0.00631. The molecule has 13 heteroatoms. The molecule has 1 aromatic rings. The lowest BCUT2D eigenvalue weighted by molar-refractivity contribution is -0.140. The second-order valence-corrected chi connectivity index (χ2v) is 15.6. The third kappa shape index (κ3) is 11.9. The van der Waals surface area contributed by atoms with Crippen molar-refractivity contribution < 1.29 is 28.8 Å². The second kappa shape index (κ2) is 18.4. The van der Waals surface area contributed by atoms with Crippen molar-refractivity contribution in [3.8, 4) is 0 Å². The van der Waals surface area contributed by atoms with Crippen LogP contribution in [-0.2, 0) is 24.0 Å². The normalized spacial score (nSPS) is 21.3. The minimum Gasteiger partial charge on any atom is -0.354 e. The summed E-state index contributed by atoms with van der Waals surface area (Å²) in [6.45, 7) is 7.89. The van der Waals surface area contributed by atoms with Gasteiger partial charge >= 0.3 is 0 Å². The van der Waals surface area contributed by atoms with Gasteiger partial charge in [0, 0.05) is 31.4 Å². The number of ketones is 1. The van der Waals surface area contributed by atoms with E-state index >= 15 is 0 Å². The second-order valence-electron chi connectivity index (χ2n) is 15.6. The molecule has 3 saturated carbocycles. The summed E-state index contributed by atoms with van der Waals surface area (Å²) in [6.07, 6.45) is 15.6. The standard InChI is InChI=1S/C37H57N7O6/c1-5-10-27(31(46)35(49)41-26-15-16-26)42-30(45)20-24-13-9-14-25(24)21-40-36(50)32(37(2,3)4)44-33(47)28(19-23-11-7-6-8-12-23)43-34(48)29-22-38-17-18-39-29/h17-18,22-28,32H,5-16,19-21H2,1-4H3,(H,40,50)(H,41,49)(H,42,45)(H,43,48)(H,44,47)/t24-,25+,27+,28+,32-/m1/s1. The van der Waals surface area contributed by atoms with Crippen molar-refractivity contribution in [2.45, 2.75) is 142 Å². The Balaban J connectivity index is 1.34. The van der Waals surface area contributed by atoms with Gasteiger partial charge in [0.1, 0.15) is 17.8 Å². The van der Waals surface area contributed by atoms with Gasteiger partial charge < -0.3 is 26.6 Å². The highest BCUT2D eigenvalue weighted by Crippen LogP contribution is 2.34. The summed E-state index contributed by atoms with van der Waals surface area (Å²) < 4.78 is 0. The summed E-state index contributed by atoms with van der Waals surface area (Å²) in [4.78, 5) is 86.8. The van der Waals surface area contributed by atoms with Crippen molar-refractivity contribution in [1.82, 2.24) is 36.6 Å². The number of nitrogens with one attached hydrogen (secondary N) is 5. The largest absolute Gasteiger partial charge is 0.354 e. The van der Waals surface area contributed by atoms with Crippen molar-refractivity contribution in [2.24, 2.45) is 23.2 Å². The van der Waals surface area contributed by atoms with Crippen LogP contribution >= 0.6 is 0 Å². The first-order valence-corrected chi connectivity index (χ1v) is 18.6. The number of hydrogen-bond donors (Lipinski definition) is 5. The van der Waals surface area contributed by atoms with Crippen LogP contribution in [0.5, 0.6) is 0 Å². The lowest BCUT2D eigenvalue weighted by Crippen LogP contribution is -2.58. The van der Waals surface area contributed by atoms with E-state index in [1.165, 1.54) is 18.6 Å². The highest BCUT2D eigenvalue weighted by molar-refractivity contribution is 6.38. The molecule has 1 heterocycles. The van der Waals surface area contributed by atoms with Gasteiger partial charge in [0.05, 0.1) is 12.2 Å². The molecule has 5 amide bonds. The van der Waals surface area contributed by atoms with Crippen molar-refractivity contribution in [3.63, 3.8) is 0 Å². The van der Waals surface area contributed by atoms with Crippen molar-refractivity contribution in [3.05, 3.63) is 24.3 Å². The predicted molar refractivity (Wildman–Crippen MR) is 187 cm³/mol. The lowest BCUT2D eigenvalue weighted by atomic mass is 9.83. The molecule has 0 bridgehead atoms. The van der Waals surface area contributed by atoms with Crippen LogP contribution in [-0.4, -0.2) is 76.0 Å². The number of Topliss-reactive ketones (excluding diaryl/α,β-unsaturated/α-hetero) is 1. The molecule has 3 aliphatic rings. The van der Waals surface area contributed by atoms with Crippen LogP contribution in [0, 0.1) is 23.2 Å². The fourth-order valence-electron chi connectivity index (χ4n) is 7.23. The lowest BCUT2D eigenvalue weighted by Gasteiger charge is -2.33. The molecule has 4 rings (SSSR count). The average Bonchev–Trinajstić information content (AvgIpc) is 3.80. The summed E-state index contributed by atoms with van der Waals surface area (Å²) in [5.74, 6) is -2.41. The van der Waals surface area contributed by atoms with E-state index in [2.05, 4.69) is 36.6 Å². The number of amides is 5. The van der Waals surface area contributed by atoms with Crippen LogP contribution in [0.2, 0.25) is 0 Å². The molecule has 0 aliphatic heterocycles. The maximum absolute atomic E-state index is 13.8. The molecule has 276 valence electrons. The molecule has 3 fully saturated rings. The first-order valence-electron chi connectivity index (χ1n) is 18.6. The molecule has 0 saturated heterocycles. The monoisotopic (exact) mass is 695 g/mol. The molecule has 13 nitrogen and oxygen atoms in total. The van der Waals surface area contributed by atoms with Gasteiger partial charge in [0.2, 0.25) is 23.5 Å². The van der Waals surface area contributed by atoms with Crippen LogP contribution in [0.4, 0.5) is 0 Å². The van der Waals surface area contributed by atoms with Gasteiger partial charge in [-0.3, -0.25) is 33.8 Å². The molecule has 0 radical (unpaired) electrons. The first-order chi connectivity index (χ1) is 23.8. The molecule has 0 spiro atoms. The Morgan fingerprint density at radius 2 is 1.54 bits per heavy atom. The SMILES string of the molecule is CCC[C@H](NC(=O)C[C@H]1CCC[C@H]1CNC(=O)[C@@H](NC(=O)[C@H](CC1CCCCC1)NC(=O)c1cnccn1)C(C)(C)C)C(=O)C(=O)NC1CC1. The summed E-state index contributed by atoms with van der Waals surface area (Å²) >= 11 is 0. The number of carbonyl (C=O) groups is 6. The van der Waals surface area contributed by atoms with E-state index in [-0.39, 0.29) is 47.7 Å². The Bertz CT molecular complexity index is 1340. The van der Waals surface area contributed by atoms with E-state index < -0.39 is 47.0 Å². The molecule has 5 atom stereocenters. The van der Waals surface area contributed by atoms with E-state index in [1.54, 1.807) is 0 Å². The zero-order chi connectivity index (χ0) is 36.3. The van der Waals surface area contributed by atoms with Gasteiger partial charge in [-0.1, -0.05) is 72.6 Å². The third-order valence-corrected chi connectivity index (χ3v) is 10.3. The van der Waals surface area contributed by atoms with E-state index in [0.29, 0.717) is 25.8 Å². The molecule has 0 aromatic carbocycles. The fraction of sp³-hybridized carbons (Fsp3) is 0.730. The maximum atomic E-state index is 13.8. The maximum Gasteiger partial charge on any atom is 0.289 e. The highest BCUT2D eigenvalue weighted by atomic mass is 16.2. The van der Waals surface area contributed by atoms with Crippen LogP contribution in [0.1, 0.15) is 128 Å². The van der Waals surface area contributed by atoms with Crippen molar-refractivity contribution >= 4 is 35.3 Å². The average molecular weight is 696 g/mol. The quantitative estimate of drug-likeness (QED) is 0.154. The molecule has 3 aliphatic carbocycles. The Morgan fingerprint density at radius 1 is 0.820 bits per heavy atom. The van der Waals surface area contributed by atoms with Crippen LogP contribution in [0.15, 0.2) is 18.6 Å². The van der Waals surface area contributed by atoms with Crippen molar-refractivity contribution in [2.75, 3.05) is 6.54 Å². The van der Waals surface area contributed by atoms with Crippen LogP contribution in [0.25, 0.3) is 0 Å². The molecular formula is C37H57N7O6. The van der Waals surface area contributed by atoms with Gasteiger partial charge in [0.25, 0.3) is 11.8 Å². The van der Waals surface area contributed by atoms with Gasteiger partial charge in [-0.25, -0.2) is 4.98 Å². The Kier molecular flexibility index (Phi) is 14.3. The number of carbonyl (C=O) groups excluding carboxylic acids is 6. The fourth-order valence-corrected chi connectivity index (χ4v) is 7.23. The van der Waals surface area contributed by atoms with E-state index in [1.807, 2.05) is 27.7 Å². The molecular weight excluding hydrogens is 638 g/mol. The predicted octanol–water partition coefficient (Wildman–Crippen LogP) is 3.13. The highest BCUT2D eigenvalue weighted by Gasteiger charge is 2.38. The van der Waals surface area contributed by atoms with Crippen LogP contribution in [0.3, 0.4) is 0 Å². The van der Waals surface area contributed by atoms with Gasteiger partial charge in [-0.2, -0.15) is 0 Å². The van der Waals surface area contributed by atoms with Gasteiger partial charge in [0.15, 0.2) is 0 Å². The zero-order valence-corrected chi connectivity index (χ0v) is 30.2. The Morgan fingerprint density at radius 3 is 2.18 bits per heavy atom. The minimum atomic E-state index is -0.872. The van der Waals surface area contributed by atoms with E-state index in [0.717, 1.165) is 64.2 Å². The summed E-state index contributed by atoms with van der Waals surface area (Å²) in [7, 11) is 0. The zero-order valence-electron chi connectivity index (χ0n) is 30.2. The molecule has 1 aromatic heterocycles. The first kappa shape index (κ1) is 38.9. The van der Waals surface area contributed by atoms with E-state index in [4.69, 9.17) is 0 Å².